The van der Waals surface area contributed by atoms with Crippen LogP contribution in [0.15, 0.2) is 6.33 Å². The fourth-order valence-electron chi connectivity index (χ4n) is 4.96. The number of hydrogen-bond donors (Lipinski definition) is 2. The summed E-state index contributed by atoms with van der Waals surface area (Å²) in [6.45, 7) is -0.0186. The van der Waals surface area contributed by atoms with E-state index in [0.29, 0.717) is 17.0 Å². The fourth-order valence-corrected chi connectivity index (χ4v) is 6.38. The molecule has 1 amide bonds. The summed E-state index contributed by atoms with van der Waals surface area (Å²) in [5.74, 6) is -0.670. The molecule has 1 aliphatic heterocycles. The van der Waals surface area contributed by atoms with E-state index >= 15 is 0 Å². The van der Waals surface area contributed by atoms with Crippen LogP contribution in [0, 0.1) is 5.92 Å². The molecule has 2 fully saturated rings. The van der Waals surface area contributed by atoms with Gasteiger partial charge in [-0.15, -0.1) is 0 Å². The molecule has 4 rings (SSSR count). The van der Waals surface area contributed by atoms with E-state index in [1.165, 1.54) is 18.3 Å². The Bertz CT molecular complexity index is 1380. The summed E-state index contributed by atoms with van der Waals surface area (Å²) in [5.41, 5.74) is 0.851. The zero-order valence-electron chi connectivity index (χ0n) is 25.1. The fraction of sp³-hybridized carbons (Fsp3) is 0.680. The number of anilines is 1. The summed E-state index contributed by atoms with van der Waals surface area (Å²) in [4.78, 5) is 49.9. The van der Waals surface area contributed by atoms with Crippen molar-refractivity contribution in [3.05, 3.63) is 11.6 Å². The molecule has 18 nitrogen and oxygen atoms in total. The van der Waals surface area contributed by atoms with E-state index in [2.05, 4.69) is 39.2 Å². The van der Waals surface area contributed by atoms with Crippen LogP contribution < -0.4 is 5.32 Å². The molecule has 0 unspecified atom stereocenters. The Morgan fingerprint density at radius 1 is 1.13 bits per heavy atom. The van der Waals surface area contributed by atoms with Gasteiger partial charge >= 0.3 is 19.9 Å². The zero-order chi connectivity index (χ0) is 32.7. The number of likely N-dealkylation sites (N-methyl/N-ethyl adjacent to an activating group) is 1. The molecule has 4 atom stereocenters. The lowest BCUT2D eigenvalue weighted by Gasteiger charge is -2.25. The van der Waals surface area contributed by atoms with Crippen LogP contribution in [0.25, 0.3) is 11.2 Å². The molecule has 0 spiro atoms. The predicted molar refractivity (Wildman–Crippen MR) is 154 cm³/mol. The van der Waals surface area contributed by atoms with Crippen LogP contribution >= 0.6 is 19.2 Å². The second-order valence-corrected chi connectivity index (χ2v) is 12.8. The Hall–Kier alpha value is -3.28. The minimum Gasteiger partial charge on any atom is -0.438 e. The second-order valence-electron chi connectivity index (χ2n) is 10.4. The Kier molecular flexibility index (Phi) is 11.8. The van der Waals surface area contributed by atoms with Gasteiger partial charge < -0.3 is 39.0 Å². The van der Waals surface area contributed by atoms with Crippen molar-refractivity contribution in [2.75, 3.05) is 52.9 Å². The molecule has 250 valence electrons. The smallest absolute Gasteiger partial charge is 0.438 e. The number of imidazole rings is 1. The number of aromatic nitrogens is 4. The average molecular weight is 679 g/mol. The van der Waals surface area contributed by atoms with E-state index < -0.39 is 69.9 Å². The quantitative estimate of drug-likeness (QED) is 0.135. The van der Waals surface area contributed by atoms with Crippen LogP contribution in [0.3, 0.4) is 0 Å². The van der Waals surface area contributed by atoms with Crippen LogP contribution in [0.1, 0.15) is 38.8 Å². The third-order valence-electron chi connectivity index (χ3n) is 7.49. The number of ether oxygens (including phenoxy) is 5. The molecule has 1 saturated heterocycles. The van der Waals surface area contributed by atoms with Crippen molar-refractivity contribution in [2.45, 2.75) is 57.1 Å². The van der Waals surface area contributed by atoms with Gasteiger partial charge in [0.15, 0.2) is 23.2 Å². The van der Waals surface area contributed by atoms with E-state index in [1.807, 2.05) is 0 Å². The van der Waals surface area contributed by atoms with Crippen molar-refractivity contribution in [1.82, 2.24) is 24.4 Å². The van der Waals surface area contributed by atoms with Gasteiger partial charge in [-0.05, 0) is 24.4 Å². The summed E-state index contributed by atoms with van der Waals surface area (Å²) in [6.07, 6.45) is 0.0911. The molecule has 1 aliphatic carbocycles. The molecule has 2 aromatic heterocycles. The van der Waals surface area contributed by atoms with Crippen LogP contribution in [0.5, 0.6) is 0 Å². The van der Waals surface area contributed by atoms with Gasteiger partial charge in [0.25, 0.3) is 0 Å². The first-order chi connectivity index (χ1) is 21.4. The average Bonchev–Trinajstić information content (AvgIpc) is 3.73. The molecule has 2 N–H and O–H groups in total. The molecule has 2 aromatic rings. The zero-order valence-corrected chi connectivity index (χ0v) is 26.8. The van der Waals surface area contributed by atoms with Gasteiger partial charge in [0.2, 0.25) is 24.8 Å². The summed E-state index contributed by atoms with van der Waals surface area (Å²) in [5, 5.41) is 14.5. The summed E-state index contributed by atoms with van der Waals surface area (Å²) in [7, 11) is -0.789. The van der Waals surface area contributed by atoms with E-state index in [0.717, 1.165) is 39.9 Å². The number of aliphatic hydroxyl groups excluding tert-OH is 1. The molecule has 3 heterocycles. The number of halogens is 1. The number of amides is 1. The van der Waals surface area contributed by atoms with Crippen LogP contribution in [0.4, 0.5) is 15.4 Å². The number of nitrogens with zero attached hydrogens (tertiary/aromatic N) is 5. The maximum atomic E-state index is 13.3. The number of carbonyl (C=O) groups excluding carboxylic acids is 3. The minimum atomic E-state index is -4.33. The van der Waals surface area contributed by atoms with Crippen molar-refractivity contribution < 1.29 is 56.8 Å². The van der Waals surface area contributed by atoms with Crippen LogP contribution in [-0.4, -0.2) is 114 Å². The first kappa shape index (κ1) is 34.6. The number of nitrogens with one attached hydrogen (secondary N) is 1. The van der Waals surface area contributed by atoms with Crippen molar-refractivity contribution in [3.63, 3.8) is 0 Å². The summed E-state index contributed by atoms with van der Waals surface area (Å²) < 4.78 is 48.8. The Morgan fingerprint density at radius 3 is 2.36 bits per heavy atom. The Balaban J connectivity index is 1.42. The van der Waals surface area contributed by atoms with Crippen molar-refractivity contribution in [2.24, 2.45) is 5.92 Å². The van der Waals surface area contributed by atoms with Gasteiger partial charge in [-0.1, -0.05) is 19.8 Å². The Labute approximate surface area is 263 Å². The van der Waals surface area contributed by atoms with E-state index in [4.69, 9.17) is 25.4 Å². The van der Waals surface area contributed by atoms with Crippen molar-refractivity contribution >= 4 is 54.4 Å². The summed E-state index contributed by atoms with van der Waals surface area (Å²) in [6, 6.07) is 0.252. The maximum Gasteiger partial charge on any atom is 0.510 e. The van der Waals surface area contributed by atoms with Crippen LogP contribution in [-0.2, 0) is 42.1 Å². The van der Waals surface area contributed by atoms with Gasteiger partial charge in [0.05, 0.1) is 26.7 Å². The monoisotopic (exact) mass is 678 g/mol. The molecule has 0 bridgehead atoms. The first-order valence-corrected chi connectivity index (χ1v) is 16.1. The molecule has 0 radical (unpaired) electrons. The normalized spacial score (nSPS) is 21.9. The van der Waals surface area contributed by atoms with Gasteiger partial charge in [0, 0.05) is 25.6 Å². The minimum absolute atomic E-state index is 0.00926. The highest BCUT2D eigenvalue weighted by Crippen LogP contribution is 2.48. The highest BCUT2D eigenvalue weighted by molar-refractivity contribution is 7.54. The molecule has 45 heavy (non-hydrogen) atoms. The highest BCUT2D eigenvalue weighted by Gasteiger charge is 2.44. The first-order valence-electron chi connectivity index (χ1n) is 14.0. The molecule has 0 aromatic carbocycles. The maximum absolute atomic E-state index is 13.3. The third-order valence-corrected chi connectivity index (χ3v) is 9.31. The standard InChI is InChI=1S/C25H36ClN6O12P/c1-14-16(9-31(2)17(33)10-45(37,42-12-40-24(35)38-3)43-13-41-25(36)39-4)44-22(19(14)34)32-11-27-18-20(28-15-7-5-6-8-15)29-23(26)30-21(18)32/h11,14-16,19,22,34H,5-10,12-13H2,1-4H3,(H,28,29,30)/t14-,16-,19-,22-/m1/s1. The number of carbonyl (C=O) groups is 3. The summed E-state index contributed by atoms with van der Waals surface area (Å²) >= 11 is 6.25. The van der Waals surface area contributed by atoms with Gasteiger partial charge in [-0.25, -0.2) is 14.6 Å². The third kappa shape index (κ3) is 8.71. The highest BCUT2D eigenvalue weighted by atomic mass is 35.5. The van der Waals surface area contributed by atoms with Gasteiger partial charge in [0.1, 0.15) is 12.3 Å². The lowest BCUT2D eigenvalue weighted by atomic mass is 10.00. The lowest BCUT2D eigenvalue weighted by Crippen LogP contribution is -2.38. The topological polar surface area (TPSA) is 212 Å². The number of fused-ring (bicyclic) bond motifs is 1. The van der Waals surface area contributed by atoms with Crippen LogP contribution in [0.2, 0.25) is 5.28 Å². The largest absolute Gasteiger partial charge is 0.510 e. The molecule has 2 aliphatic rings. The molecule has 20 heteroatoms. The SMILES string of the molecule is COC(=O)OCOP(=O)(CC(=O)N(C)C[C@H]1O[C@@H](n2cnc3c(NC4CCCC4)nc(Cl)nc32)[C@H](O)[C@@H]1C)OCOC(=O)OC. The Morgan fingerprint density at radius 2 is 1.76 bits per heavy atom. The number of hydrogen-bond acceptors (Lipinski definition) is 16. The number of rotatable bonds is 13. The number of aliphatic hydroxyl groups is 1. The molecular formula is C25H36ClN6O12P. The number of methoxy groups -OCH3 is 2. The van der Waals surface area contributed by atoms with Gasteiger partial charge in [-0.2, -0.15) is 9.97 Å². The lowest BCUT2D eigenvalue weighted by molar-refractivity contribution is -0.130. The van der Waals surface area contributed by atoms with E-state index in [1.54, 1.807) is 11.5 Å². The predicted octanol–water partition coefficient (Wildman–Crippen LogP) is 2.89. The van der Waals surface area contributed by atoms with Gasteiger partial charge in [-0.3, -0.25) is 23.0 Å². The van der Waals surface area contributed by atoms with E-state index in [9.17, 15) is 24.1 Å². The van der Waals surface area contributed by atoms with Crippen molar-refractivity contribution in [1.29, 1.82) is 0 Å². The van der Waals surface area contributed by atoms with E-state index in [-0.39, 0.29) is 17.9 Å². The second kappa shape index (κ2) is 15.3. The van der Waals surface area contributed by atoms with Crippen molar-refractivity contribution in [3.8, 4) is 0 Å². The molecular weight excluding hydrogens is 643 g/mol. The molecule has 1 saturated carbocycles.